The van der Waals surface area contributed by atoms with E-state index in [4.69, 9.17) is 9.47 Å². The fourth-order valence-electron chi connectivity index (χ4n) is 3.70. The summed E-state index contributed by atoms with van der Waals surface area (Å²) in [5, 5.41) is 6.92. The minimum Gasteiger partial charge on any atom is -0.493 e. The van der Waals surface area contributed by atoms with Crippen LogP contribution in [0.2, 0.25) is 0 Å². The van der Waals surface area contributed by atoms with Gasteiger partial charge in [0.25, 0.3) is 0 Å². The van der Waals surface area contributed by atoms with Crippen LogP contribution in [0.5, 0.6) is 11.5 Å². The molecular weight excluding hydrogens is 479 g/mol. The molecule has 29 heavy (non-hydrogen) atoms. The monoisotopic (exact) mass is 518 g/mol. The topological polar surface area (TPSA) is 58.1 Å². The molecule has 2 N–H and O–H groups in total. The first kappa shape index (κ1) is 25.8. The Morgan fingerprint density at radius 2 is 2.07 bits per heavy atom. The Balaban J connectivity index is 0.00000420. The van der Waals surface area contributed by atoms with E-state index >= 15 is 0 Å². The number of ether oxygens (including phenoxy) is 2. The van der Waals surface area contributed by atoms with Gasteiger partial charge in [0.1, 0.15) is 0 Å². The van der Waals surface area contributed by atoms with Crippen molar-refractivity contribution in [3.05, 3.63) is 23.8 Å². The summed E-state index contributed by atoms with van der Waals surface area (Å²) in [6, 6.07) is 6.17. The number of guanidine groups is 1. The molecule has 1 aromatic rings. The number of rotatable bonds is 11. The van der Waals surface area contributed by atoms with E-state index in [0.717, 1.165) is 49.3 Å². The number of nitrogens with one attached hydrogen (secondary N) is 2. The van der Waals surface area contributed by atoms with Crippen LogP contribution in [0.15, 0.2) is 23.2 Å². The predicted molar refractivity (Wildman–Crippen MR) is 132 cm³/mol. The van der Waals surface area contributed by atoms with Crippen molar-refractivity contribution in [2.24, 2.45) is 10.9 Å². The summed E-state index contributed by atoms with van der Waals surface area (Å²) in [7, 11) is 3.51. The molecule has 1 heterocycles. The summed E-state index contributed by atoms with van der Waals surface area (Å²) in [6.45, 7) is 10.4. The number of aliphatic imine (C=N–C) groups is 1. The minimum absolute atomic E-state index is 0. The van der Waals surface area contributed by atoms with Crippen LogP contribution in [0.25, 0.3) is 0 Å². The summed E-state index contributed by atoms with van der Waals surface area (Å²) < 4.78 is 11.0. The van der Waals surface area contributed by atoms with Gasteiger partial charge in [-0.15, -0.1) is 24.0 Å². The zero-order valence-electron chi connectivity index (χ0n) is 18.5. The van der Waals surface area contributed by atoms with Crippen LogP contribution in [0.4, 0.5) is 0 Å². The molecule has 0 saturated carbocycles. The maximum atomic E-state index is 5.66. The molecule has 0 spiro atoms. The molecule has 1 atom stereocenters. The van der Waals surface area contributed by atoms with E-state index in [9.17, 15) is 0 Å². The third-order valence-electron chi connectivity index (χ3n) is 5.15. The average Bonchev–Trinajstić information content (AvgIpc) is 3.15. The molecule has 1 fully saturated rings. The number of nitrogens with zero attached hydrogens (tertiary/aromatic N) is 2. The SMILES string of the molecule is CCCN1CCC(CNC(=NC)NCCCc2ccc(OC)c(OCC)c2)C1.I. The molecule has 0 aromatic heterocycles. The lowest BCUT2D eigenvalue weighted by Crippen LogP contribution is -2.40. The second kappa shape index (κ2) is 14.7. The van der Waals surface area contributed by atoms with E-state index in [-0.39, 0.29) is 24.0 Å². The molecule has 2 rings (SSSR count). The highest BCUT2D eigenvalue weighted by molar-refractivity contribution is 14.0. The van der Waals surface area contributed by atoms with Gasteiger partial charge in [-0.2, -0.15) is 0 Å². The Hall–Kier alpha value is -1.22. The van der Waals surface area contributed by atoms with Crippen LogP contribution in [0.3, 0.4) is 0 Å². The molecule has 0 radical (unpaired) electrons. The van der Waals surface area contributed by atoms with Crippen LogP contribution in [-0.2, 0) is 6.42 Å². The molecule has 0 amide bonds. The quantitative estimate of drug-likeness (QED) is 0.203. The Kier molecular flexibility index (Phi) is 13.1. The van der Waals surface area contributed by atoms with Gasteiger partial charge >= 0.3 is 0 Å². The molecule has 0 aliphatic carbocycles. The normalized spacial score (nSPS) is 17.0. The van der Waals surface area contributed by atoms with Gasteiger partial charge in [-0.1, -0.05) is 13.0 Å². The standard InChI is InChI=1S/C22H38N4O2.HI/c1-5-13-26-14-11-19(17-26)16-25-22(23-3)24-12-7-8-18-9-10-20(27-4)21(15-18)28-6-2;/h9-10,15,19H,5-8,11-14,16-17H2,1-4H3,(H2,23,24,25);1H. The smallest absolute Gasteiger partial charge is 0.190 e. The van der Waals surface area contributed by atoms with Crippen molar-refractivity contribution >= 4 is 29.9 Å². The Morgan fingerprint density at radius 1 is 1.24 bits per heavy atom. The third kappa shape index (κ3) is 8.99. The van der Waals surface area contributed by atoms with Gasteiger partial charge in [-0.3, -0.25) is 4.99 Å². The Morgan fingerprint density at radius 3 is 2.76 bits per heavy atom. The largest absolute Gasteiger partial charge is 0.493 e. The maximum Gasteiger partial charge on any atom is 0.190 e. The van der Waals surface area contributed by atoms with Crippen molar-refractivity contribution in [2.75, 3.05) is 53.5 Å². The number of aryl methyl sites for hydroxylation is 1. The fourth-order valence-corrected chi connectivity index (χ4v) is 3.70. The molecule has 1 unspecified atom stereocenters. The molecule has 1 saturated heterocycles. The van der Waals surface area contributed by atoms with Gasteiger partial charge in [0, 0.05) is 26.7 Å². The lowest BCUT2D eigenvalue weighted by molar-refractivity contribution is 0.310. The van der Waals surface area contributed by atoms with Crippen molar-refractivity contribution in [1.29, 1.82) is 0 Å². The second-order valence-corrected chi connectivity index (χ2v) is 7.36. The van der Waals surface area contributed by atoms with Crippen LogP contribution in [0, 0.1) is 5.92 Å². The van der Waals surface area contributed by atoms with E-state index in [1.165, 1.54) is 38.0 Å². The minimum atomic E-state index is 0. The number of benzene rings is 1. The van der Waals surface area contributed by atoms with Gasteiger partial charge < -0.3 is 25.0 Å². The Labute approximate surface area is 193 Å². The van der Waals surface area contributed by atoms with Crippen molar-refractivity contribution in [1.82, 2.24) is 15.5 Å². The summed E-state index contributed by atoms with van der Waals surface area (Å²) in [5.74, 6) is 3.24. The van der Waals surface area contributed by atoms with Crippen molar-refractivity contribution in [2.45, 2.75) is 39.5 Å². The fraction of sp³-hybridized carbons (Fsp3) is 0.682. The summed E-state index contributed by atoms with van der Waals surface area (Å²) in [4.78, 5) is 6.92. The van der Waals surface area contributed by atoms with Crippen LogP contribution in [0.1, 0.15) is 38.7 Å². The highest BCUT2D eigenvalue weighted by Crippen LogP contribution is 2.28. The Bertz CT molecular complexity index is 612. The van der Waals surface area contributed by atoms with E-state index in [1.54, 1.807) is 7.11 Å². The third-order valence-corrected chi connectivity index (χ3v) is 5.15. The molecule has 0 bridgehead atoms. The van der Waals surface area contributed by atoms with Gasteiger partial charge in [-0.25, -0.2) is 0 Å². The first-order valence-electron chi connectivity index (χ1n) is 10.7. The zero-order valence-corrected chi connectivity index (χ0v) is 20.8. The highest BCUT2D eigenvalue weighted by Gasteiger charge is 2.21. The number of likely N-dealkylation sites (tertiary alicyclic amines) is 1. The van der Waals surface area contributed by atoms with Crippen LogP contribution >= 0.6 is 24.0 Å². The first-order valence-corrected chi connectivity index (χ1v) is 10.7. The number of methoxy groups -OCH3 is 1. The average molecular weight is 518 g/mol. The van der Waals surface area contributed by atoms with E-state index in [1.807, 2.05) is 20.0 Å². The summed E-state index contributed by atoms with van der Waals surface area (Å²) in [6.07, 6.45) is 4.54. The molecule has 7 heteroatoms. The number of halogens is 1. The van der Waals surface area contributed by atoms with Crippen LogP contribution < -0.4 is 20.1 Å². The van der Waals surface area contributed by atoms with E-state index in [0.29, 0.717) is 6.61 Å². The van der Waals surface area contributed by atoms with Crippen molar-refractivity contribution < 1.29 is 9.47 Å². The molecular formula is C22H39IN4O2. The van der Waals surface area contributed by atoms with E-state index in [2.05, 4.69) is 39.6 Å². The summed E-state index contributed by atoms with van der Waals surface area (Å²) in [5.41, 5.74) is 1.26. The van der Waals surface area contributed by atoms with E-state index < -0.39 is 0 Å². The lowest BCUT2D eigenvalue weighted by atomic mass is 10.1. The molecule has 1 aromatic carbocycles. The molecule has 166 valence electrons. The summed E-state index contributed by atoms with van der Waals surface area (Å²) >= 11 is 0. The van der Waals surface area contributed by atoms with Crippen molar-refractivity contribution in [3.8, 4) is 11.5 Å². The second-order valence-electron chi connectivity index (χ2n) is 7.36. The zero-order chi connectivity index (χ0) is 20.2. The number of hydrogen-bond donors (Lipinski definition) is 2. The molecule has 1 aliphatic rings. The van der Waals surface area contributed by atoms with Gasteiger partial charge in [0.05, 0.1) is 13.7 Å². The molecule has 1 aliphatic heterocycles. The number of hydrogen-bond acceptors (Lipinski definition) is 4. The van der Waals surface area contributed by atoms with Gasteiger partial charge in [0.2, 0.25) is 0 Å². The lowest BCUT2D eigenvalue weighted by Gasteiger charge is -2.17. The van der Waals surface area contributed by atoms with Gasteiger partial charge in [-0.05, 0) is 69.3 Å². The van der Waals surface area contributed by atoms with Gasteiger partial charge in [0.15, 0.2) is 17.5 Å². The predicted octanol–water partition coefficient (Wildman–Crippen LogP) is 3.54. The first-order chi connectivity index (χ1) is 13.7. The maximum absolute atomic E-state index is 5.66. The molecule has 6 nitrogen and oxygen atoms in total. The highest BCUT2D eigenvalue weighted by atomic mass is 127. The van der Waals surface area contributed by atoms with Crippen molar-refractivity contribution in [3.63, 3.8) is 0 Å². The van der Waals surface area contributed by atoms with Crippen LogP contribution in [-0.4, -0.2) is 64.3 Å².